The molecule has 4 heteroatoms. The Hall–Kier alpha value is -1.03. The van der Waals surface area contributed by atoms with Gasteiger partial charge in [-0.2, -0.15) is 10.2 Å². The Morgan fingerprint density at radius 1 is 0.769 bits per heavy atom. The Morgan fingerprint density at radius 3 is 1.77 bits per heavy atom. The molecule has 26 heavy (non-hydrogen) atoms. The smallest absolute Gasteiger partial charge is 0.0984 e. The third kappa shape index (κ3) is 4.82. The average molecular weight is 376 g/mol. The van der Waals surface area contributed by atoms with Crippen molar-refractivity contribution in [3.05, 3.63) is 16.1 Å². The van der Waals surface area contributed by atoms with Gasteiger partial charge in [0, 0.05) is 33.7 Å². The van der Waals surface area contributed by atoms with E-state index in [2.05, 4.69) is 85.6 Å². The highest BCUT2D eigenvalue weighted by Gasteiger charge is 2.35. The lowest BCUT2D eigenvalue weighted by molar-refractivity contribution is 0.368. The average Bonchev–Trinajstić information content (AvgIpc) is 3.13. The molecule has 0 aromatic carbocycles. The summed E-state index contributed by atoms with van der Waals surface area (Å²) in [6.07, 6.45) is 5.18. The zero-order valence-electron chi connectivity index (χ0n) is 18.4. The molecule has 1 aliphatic rings. The monoisotopic (exact) mass is 375 g/mol. The summed E-state index contributed by atoms with van der Waals surface area (Å²) in [5.41, 5.74) is 2.85. The first kappa shape index (κ1) is 21.3. The van der Waals surface area contributed by atoms with Crippen LogP contribution in [0.2, 0.25) is 0 Å². The van der Waals surface area contributed by atoms with Crippen LogP contribution in [0.1, 0.15) is 98.4 Å². The van der Waals surface area contributed by atoms with Crippen LogP contribution in [-0.2, 0) is 10.8 Å². The van der Waals surface area contributed by atoms with Gasteiger partial charge in [0.15, 0.2) is 0 Å². The Balaban J connectivity index is 2.04. The summed E-state index contributed by atoms with van der Waals surface area (Å²) in [5, 5.41) is 10.3. The van der Waals surface area contributed by atoms with Crippen molar-refractivity contribution >= 4 is 22.8 Å². The molecule has 0 N–H and O–H groups in total. The Labute approximate surface area is 164 Å². The zero-order valence-corrected chi connectivity index (χ0v) is 19.3. The Morgan fingerprint density at radius 2 is 1.31 bits per heavy atom. The first-order chi connectivity index (χ1) is 11.6. The van der Waals surface area contributed by atoms with Gasteiger partial charge >= 0.3 is 0 Å². The number of rotatable bonds is 5. The van der Waals surface area contributed by atoms with Gasteiger partial charge in [-0.3, -0.25) is 0 Å². The predicted molar refractivity (Wildman–Crippen MR) is 116 cm³/mol. The molecule has 0 atom stereocenters. The van der Waals surface area contributed by atoms with Crippen LogP contribution in [0.25, 0.3) is 0 Å². The van der Waals surface area contributed by atoms with E-state index in [0.717, 1.165) is 19.3 Å². The molecule has 0 unspecified atom stereocenters. The Bertz CT molecular complexity index is 706. The maximum atomic E-state index is 4.76. The molecule has 0 radical (unpaired) electrons. The summed E-state index contributed by atoms with van der Waals surface area (Å²) in [5.74, 6) is 0. The van der Waals surface area contributed by atoms with Crippen molar-refractivity contribution in [3.63, 3.8) is 0 Å². The lowest BCUT2D eigenvalue weighted by Crippen LogP contribution is -2.30. The van der Waals surface area contributed by atoms with Gasteiger partial charge in [-0.05, 0) is 18.3 Å². The normalized spacial score (nSPS) is 16.7. The first-order valence-corrected chi connectivity index (χ1v) is 10.6. The van der Waals surface area contributed by atoms with E-state index in [1.54, 1.807) is 0 Å². The van der Waals surface area contributed by atoms with Crippen LogP contribution in [0, 0.1) is 10.8 Å². The molecule has 0 bridgehead atoms. The van der Waals surface area contributed by atoms with Gasteiger partial charge in [0.1, 0.15) is 0 Å². The summed E-state index contributed by atoms with van der Waals surface area (Å²) >= 11 is 1.87. The fraction of sp³-hybridized carbons (Fsp3) is 0.773. The Kier molecular flexibility index (Phi) is 5.60. The van der Waals surface area contributed by atoms with Crippen LogP contribution in [0.5, 0.6) is 0 Å². The highest BCUT2D eigenvalue weighted by molar-refractivity contribution is 7.11. The molecule has 0 spiro atoms. The van der Waals surface area contributed by atoms with Crippen LogP contribution in [-0.4, -0.2) is 16.4 Å². The van der Waals surface area contributed by atoms with Crippen molar-refractivity contribution in [2.24, 2.45) is 21.0 Å². The van der Waals surface area contributed by atoms with E-state index in [9.17, 15) is 0 Å². The molecule has 2 heterocycles. The third-order valence-corrected chi connectivity index (χ3v) is 7.26. The summed E-state index contributed by atoms with van der Waals surface area (Å²) in [6, 6.07) is 0. The lowest BCUT2D eigenvalue weighted by atomic mass is 9.74. The minimum Gasteiger partial charge on any atom is -0.249 e. The van der Waals surface area contributed by atoms with Crippen molar-refractivity contribution in [3.8, 4) is 0 Å². The van der Waals surface area contributed by atoms with Crippen LogP contribution < -0.4 is 0 Å². The molecule has 146 valence electrons. The summed E-state index contributed by atoms with van der Waals surface area (Å²) in [6.45, 7) is 22.7. The number of hydrogen-bond donors (Lipinski definition) is 0. The van der Waals surface area contributed by atoms with Gasteiger partial charge in [0.05, 0.1) is 16.4 Å². The summed E-state index contributed by atoms with van der Waals surface area (Å²) in [4.78, 5) is 6.13. The largest absolute Gasteiger partial charge is 0.249 e. The quantitative estimate of drug-likeness (QED) is 0.559. The van der Waals surface area contributed by atoms with E-state index < -0.39 is 0 Å². The third-order valence-electron chi connectivity index (χ3n) is 5.47. The molecule has 0 saturated heterocycles. The molecule has 1 aromatic heterocycles. The first-order valence-electron chi connectivity index (χ1n) is 9.74. The van der Waals surface area contributed by atoms with Gasteiger partial charge in [0.25, 0.3) is 0 Å². The second-order valence-electron chi connectivity index (χ2n) is 11.1. The van der Waals surface area contributed by atoms with Crippen LogP contribution >= 0.6 is 11.3 Å². The summed E-state index contributed by atoms with van der Waals surface area (Å²) in [7, 11) is 0. The molecule has 1 aliphatic heterocycles. The van der Waals surface area contributed by atoms with Gasteiger partial charge in [0.2, 0.25) is 0 Å². The second kappa shape index (κ2) is 6.85. The molecule has 1 aromatic rings. The zero-order chi connectivity index (χ0) is 20.0. The van der Waals surface area contributed by atoms with Crippen molar-refractivity contribution in [1.82, 2.24) is 4.98 Å². The molecule has 0 fully saturated rings. The highest BCUT2D eigenvalue weighted by atomic mass is 32.1. The van der Waals surface area contributed by atoms with Crippen molar-refractivity contribution in [2.45, 2.75) is 99.3 Å². The number of nitrogens with zero attached hydrogens (tertiary/aromatic N) is 3. The molecule has 3 nitrogen and oxygen atoms in total. The van der Waals surface area contributed by atoms with Crippen LogP contribution in [0.15, 0.2) is 16.4 Å². The fourth-order valence-corrected chi connectivity index (χ4v) is 4.05. The maximum Gasteiger partial charge on any atom is 0.0984 e. The fourth-order valence-electron chi connectivity index (χ4n) is 2.95. The molecule has 2 rings (SSSR count). The van der Waals surface area contributed by atoms with Crippen molar-refractivity contribution in [2.75, 3.05) is 0 Å². The van der Waals surface area contributed by atoms with Gasteiger partial charge in [-0.15, -0.1) is 11.3 Å². The predicted octanol–water partition coefficient (Wildman–Crippen LogP) is 6.77. The molecule has 0 saturated carbocycles. The maximum absolute atomic E-state index is 4.76. The topological polar surface area (TPSA) is 37.6 Å². The van der Waals surface area contributed by atoms with E-state index in [1.807, 2.05) is 11.3 Å². The van der Waals surface area contributed by atoms with Gasteiger partial charge < -0.3 is 0 Å². The SMILES string of the molecule is CC(C)(C)C1=NN=C(C(C)(C)CCC(C)(C)c2ncc(C(C)(C)C)s2)C1. The van der Waals surface area contributed by atoms with E-state index in [4.69, 9.17) is 4.98 Å². The van der Waals surface area contributed by atoms with E-state index in [-0.39, 0.29) is 21.7 Å². The number of thiazole rings is 1. The second-order valence-corrected chi connectivity index (χ2v) is 12.1. The minimum atomic E-state index is 0.0673. The summed E-state index contributed by atoms with van der Waals surface area (Å²) < 4.78 is 0. The number of aromatic nitrogens is 1. The van der Waals surface area contributed by atoms with E-state index >= 15 is 0 Å². The standard InChI is InChI=1S/C22H37N3S/c1-19(2,3)15-13-16(25-24-15)21(7,8)11-12-22(9,10)18-23-14-17(26-18)20(4,5)6/h14H,11-13H2,1-10H3. The van der Waals surface area contributed by atoms with Gasteiger partial charge in [-0.25, -0.2) is 4.98 Å². The van der Waals surface area contributed by atoms with E-state index in [1.165, 1.54) is 21.3 Å². The van der Waals surface area contributed by atoms with E-state index in [0.29, 0.717) is 0 Å². The lowest BCUT2D eigenvalue weighted by Gasteiger charge is -2.30. The molecule has 0 aliphatic carbocycles. The highest BCUT2D eigenvalue weighted by Crippen LogP contribution is 2.40. The number of hydrogen-bond acceptors (Lipinski definition) is 4. The van der Waals surface area contributed by atoms with Crippen LogP contribution in [0.3, 0.4) is 0 Å². The molecule has 0 amide bonds. The van der Waals surface area contributed by atoms with Crippen molar-refractivity contribution < 1.29 is 0 Å². The van der Waals surface area contributed by atoms with Crippen LogP contribution in [0.4, 0.5) is 0 Å². The molecular weight excluding hydrogens is 338 g/mol. The molecular formula is C22H37N3S. The minimum absolute atomic E-state index is 0.0673. The van der Waals surface area contributed by atoms with Crippen molar-refractivity contribution in [1.29, 1.82) is 0 Å². The van der Waals surface area contributed by atoms with Gasteiger partial charge in [-0.1, -0.05) is 69.2 Å².